The average Bonchev–Trinajstić information content (AvgIpc) is 3.27. The van der Waals surface area contributed by atoms with Crippen LogP contribution in [0.25, 0.3) is 20.4 Å². The zero-order chi connectivity index (χ0) is 18.1. The molecular weight excluding hydrogens is 340 g/mol. The largest absolute Gasteiger partial charge is 0.356 e. The quantitative estimate of drug-likeness (QED) is 0.567. The van der Waals surface area contributed by atoms with E-state index in [4.69, 9.17) is 9.97 Å². The van der Waals surface area contributed by atoms with Crippen molar-refractivity contribution in [3.63, 3.8) is 0 Å². The Morgan fingerprint density at radius 1 is 1.08 bits per heavy atom. The summed E-state index contributed by atoms with van der Waals surface area (Å²) in [5.41, 5.74) is 5.48. The van der Waals surface area contributed by atoms with Crippen LogP contribution in [0.1, 0.15) is 63.3 Å². The van der Waals surface area contributed by atoms with Crippen molar-refractivity contribution in [2.45, 2.75) is 65.7 Å². The number of nitrogens with zero attached hydrogens (tertiary/aromatic N) is 4. The monoisotopic (exact) mass is 368 g/mol. The summed E-state index contributed by atoms with van der Waals surface area (Å²) in [6, 6.07) is 0. The first-order valence-electron chi connectivity index (χ1n) is 10.1. The molecule has 4 rings (SSSR count). The summed E-state index contributed by atoms with van der Waals surface area (Å²) in [6.07, 6.45) is 9.98. The van der Waals surface area contributed by atoms with E-state index in [-0.39, 0.29) is 0 Å². The number of fused-ring (bicyclic) bond motifs is 5. The Kier molecular flexibility index (Phi) is 5.07. The third kappa shape index (κ3) is 2.86. The molecule has 1 aliphatic rings. The molecule has 26 heavy (non-hydrogen) atoms. The normalized spacial score (nSPS) is 13.7. The summed E-state index contributed by atoms with van der Waals surface area (Å²) in [5.74, 6) is 1.10. The van der Waals surface area contributed by atoms with Gasteiger partial charge in [-0.1, -0.05) is 26.7 Å². The summed E-state index contributed by atoms with van der Waals surface area (Å²) >= 11 is 1.79. The number of rotatable bonds is 7. The highest BCUT2D eigenvalue weighted by Crippen LogP contribution is 2.42. The van der Waals surface area contributed by atoms with Crippen molar-refractivity contribution in [1.29, 1.82) is 0 Å². The third-order valence-electron chi connectivity index (χ3n) is 5.49. The van der Waals surface area contributed by atoms with Gasteiger partial charge in [-0.2, -0.15) is 0 Å². The van der Waals surface area contributed by atoms with Crippen LogP contribution >= 0.6 is 11.3 Å². The van der Waals surface area contributed by atoms with E-state index in [1.807, 2.05) is 0 Å². The van der Waals surface area contributed by atoms with E-state index in [1.54, 1.807) is 17.7 Å². The summed E-state index contributed by atoms with van der Waals surface area (Å²) in [5, 5.41) is 1.31. The molecule has 1 aliphatic carbocycles. The van der Waals surface area contributed by atoms with E-state index in [1.165, 1.54) is 59.0 Å². The van der Waals surface area contributed by atoms with Gasteiger partial charge < -0.3 is 4.90 Å². The molecule has 0 N–H and O–H groups in total. The molecule has 138 valence electrons. The van der Waals surface area contributed by atoms with Crippen LogP contribution < -0.4 is 4.90 Å². The molecule has 3 aromatic rings. The van der Waals surface area contributed by atoms with Gasteiger partial charge in [-0.15, -0.1) is 11.3 Å². The van der Waals surface area contributed by atoms with Crippen molar-refractivity contribution >= 4 is 37.6 Å². The molecule has 0 saturated carbocycles. The van der Waals surface area contributed by atoms with E-state index in [9.17, 15) is 0 Å². The van der Waals surface area contributed by atoms with Crippen molar-refractivity contribution < 1.29 is 0 Å². The molecule has 0 amide bonds. The third-order valence-corrected chi connectivity index (χ3v) is 6.56. The summed E-state index contributed by atoms with van der Waals surface area (Å²) in [7, 11) is 0. The van der Waals surface area contributed by atoms with Gasteiger partial charge >= 0.3 is 0 Å². The van der Waals surface area contributed by atoms with Gasteiger partial charge in [-0.05, 0) is 50.2 Å². The minimum Gasteiger partial charge on any atom is -0.356 e. The molecule has 0 spiro atoms. The number of aryl methyl sites for hydroxylation is 2. The minimum absolute atomic E-state index is 0.979. The highest BCUT2D eigenvalue weighted by atomic mass is 32.1. The smallest absolute Gasteiger partial charge is 0.150 e. The second kappa shape index (κ2) is 7.47. The van der Waals surface area contributed by atoms with Gasteiger partial charge in [0.2, 0.25) is 0 Å². The maximum Gasteiger partial charge on any atom is 0.150 e. The number of aromatic nitrogens is 3. The molecule has 0 fully saturated rings. The standard InChI is InChI=1S/C21H28N4S/c1-4-7-12-25(6-3)20-19-18(22-13-23-20)17-15-11-8-10-14(15)16(9-5-2)24-21(17)26-19/h13H,4-12H2,1-3H3. The van der Waals surface area contributed by atoms with Gasteiger partial charge in [0.1, 0.15) is 17.0 Å². The number of unbranched alkanes of at least 4 members (excludes halogenated alkanes) is 1. The van der Waals surface area contributed by atoms with E-state index in [0.29, 0.717) is 0 Å². The average molecular weight is 369 g/mol. The Balaban J connectivity index is 1.93. The Morgan fingerprint density at radius 2 is 1.92 bits per heavy atom. The van der Waals surface area contributed by atoms with Crippen molar-refractivity contribution in [1.82, 2.24) is 15.0 Å². The van der Waals surface area contributed by atoms with Crippen LogP contribution in [0.5, 0.6) is 0 Å². The lowest BCUT2D eigenvalue weighted by atomic mass is 10.0. The predicted octanol–water partition coefficient (Wildman–Crippen LogP) is 5.31. The number of hydrogen-bond acceptors (Lipinski definition) is 5. The molecule has 5 heteroatoms. The predicted molar refractivity (Wildman–Crippen MR) is 112 cm³/mol. The zero-order valence-corrected chi connectivity index (χ0v) is 17.0. The van der Waals surface area contributed by atoms with E-state index in [2.05, 4.69) is 30.7 Å². The second-order valence-corrected chi connectivity index (χ2v) is 8.21. The highest BCUT2D eigenvalue weighted by molar-refractivity contribution is 7.26. The van der Waals surface area contributed by atoms with Crippen LogP contribution in [0.3, 0.4) is 0 Å². The minimum atomic E-state index is 0.979. The van der Waals surface area contributed by atoms with Crippen LogP contribution in [0.15, 0.2) is 6.33 Å². The maximum absolute atomic E-state index is 5.09. The first kappa shape index (κ1) is 17.7. The summed E-state index contributed by atoms with van der Waals surface area (Å²) in [4.78, 5) is 18.0. The number of hydrogen-bond donors (Lipinski definition) is 0. The lowest BCUT2D eigenvalue weighted by molar-refractivity contribution is 0.726. The Bertz CT molecular complexity index is 931. The van der Waals surface area contributed by atoms with Crippen molar-refractivity contribution in [3.05, 3.63) is 23.1 Å². The van der Waals surface area contributed by atoms with Crippen LogP contribution in [0, 0.1) is 0 Å². The fourth-order valence-corrected chi connectivity index (χ4v) is 5.39. The molecule has 0 radical (unpaired) electrons. The molecule has 3 aromatic heterocycles. The lowest BCUT2D eigenvalue weighted by Gasteiger charge is -2.21. The van der Waals surface area contributed by atoms with Gasteiger partial charge in [-0.3, -0.25) is 0 Å². The topological polar surface area (TPSA) is 41.9 Å². The lowest BCUT2D eigenvalue weighted by Crippen LogP contribution is -2.24. The highest BCUT2D eigenvalue weighted by Gasteiger charge is 2.24. The van der Waals surface area contributed by atoms with Gasteiger partial charge in [0.25, 0.3) is 0 Å². The van der Waals surface area contributed by atoms with Crippen LogP contribution in [-0.4, -0.2) is 28.0 Å². The van der Waals surface area contributed by atoms with Crippen molar-refractivity contribution in [2.75, 3.05) is 18.0 Å². The molecule has 3 heterocycles. The molecule has 0 atom stereocenters. The zero-order valence-electron chi connectivity index (χ0n) is 16.1. The van der Waals surface area contributed by atoms with Crippen molar-refractivity contribution in [2.24, 2.45) is 0 Å². The SMILES string of the molecule is CCCCN(CC)c1ncnc2c1sc1nc(CCC)c3c(c12)CCC3. The Morgan fingerprint density at radius 3 is 2.69 bits per heavy atom. The van der Waals surface area contributed by atoms with Gasteiger partial charge in [0.15, 0.2) is 0 Å². The van der Waals surface area contributed by atoms with Crippen molar-refractivity contribution in [3.8, 4) is 0 Å². The molecule has 0 saturated heterocycles. The van der Waals surface area contributed by atoms with Crippen LogP contribution in [-0.2, 0) is 19.3 Å². The van der Waals surface area contributed by atoms with Crippen LogP contribution in [0.2, 0.25) is 0 Å². The molecular formula is C21H28N4S. The molecule has 4 nitrogen and oxygen atoms in total. The molecule has 0 unspecified atom stereocenters. The fourth-order valence-electron chi connectivity index (χ4n) is 4.20. The summed E-state index contributed by atoms with van der Waals surface area (Å²) < 4.78 is 1.22. The Hall–Kier alpha value is -1.75. The molecule has 0 bridgehead atoms. The maximum atomic E-state index is 5.09. The fraction of sp³-hybridized carbons (Fsp3) is 0.571. The first-order chi connectivity index (χ1) is 12.8. The van der Waals surface area contributed by atoms with E-state index < -0.39 is 0 Å². The van der Waals surface area contributed by atoms with E-state index in [0.717, 1.165) is 42.1 Å². The first-order valence-corrected chi connectivity index (χ1v) is 10.9. The van der Waals surface area contributed by atoms with Gasteiger partial charge in [-0.25, -0.2) is 15.0 Å². The van der Waals surface area contributed by atoms with Gasteiger partial charge in [0.05, 0.1) is 10.2 Å². The second-order valence-electron chi connectivity index (χ2n) is 7.21. The number of pyridine rings is 1. The Labute approximate surface area is 159 Å². The molecule has 0 aliphatic heterocycles. The number of thiophene rings is 1. The number of anilines is 1. The molecule has 0 aromatic carbocycles. The summed E-state index contributed by atoms with van der Waals surface area (Å²) in [6.45, 7) is 8.74. The van der Waals surface area contributed by atoms with Gasteiger partial charge in [0, 0.05) is 24.2 Å². The van der Waals surface area contributed by atoms with E-state index >= 15 is 0 Å². The van der Waals surface area contributed by atoms with Crippen LogP contribution in [0.4, 0.5) is 5.82 Å².